The van der Waals surface area contributed by atoms with Crippen LogP contribution in [0.25, 0.3) is 0 Å². The van der Waals surface area contributed by atoms with Crippen LogP contribution in [-0.4, -0.2) is 73.3 Å². The monoisotopic (exact) mass is 578 g/mol. The zero-order valence-corrected chi connectivity index (χ0v) is 26.6. The second-order valence-corrected chi connectivity index (χ2v) is 11.9. The summed E-state index contributed by atoms with van der Waals surface area (Å²) >= 11 is 0. The predicted molar refractivity (Wildman–Crippen MR) is 172 cm³/mol. The largest absolute Gasteiger partial charge is 0.494 e. The number of hydrogen-bond acceptors (Lipinski definition) is 6. The molecule has 0 spiro atoms. The summed E-state index contributed by atoms with van der Waals surface area (Å²) in [7, 11) is 0. The number of carbonyl (C=O) groups excluding carboxylic acids is 2. The number of carbonyl (C=O) groups is 2. The van der Waals surface area contributed by atoms with E-state index in [0.717, 1.165) is 73.7 Å². The summed E-state index contributed by atoms with van der Waals surface area (Å²) in [6, 6.07) is 15.7. The van der Waals surface area contributed by atoms with Gasteiger partial charge in [0.1, 0.15) is 11.5 Å². The molecule has 1 unspecified atom stereocenters. The second kappa shape index (κ2) is 18.8. The summed E-state index contributed by atoms with van der Waals surface area (Å²) in [5.41, 5.74) is 1.54. The van der Waals surface area contributed by atoms with Gasteiger partial charge in [0.2, 0.25) is 0 Å². The Bertz CT molecular complexity index is 1050. The highest BCUT2D eigenvalue weighted by Gasteiger charge is 2.17. The highest BCUT2D eigenvalue weighted by molar-refractivity contribution is 5.96. The van der Waals surface area contributed by atoms with Crippen LogP contribution in [0, 0.1) is 5.92 Å². The smallest absolute Gasteiger partial charge is 0.162 e. The molecule has 2 aliphatic rings. The predicted octanol–water partition coefficient (Wildman–Crippen LogP) is 7.70. The molecule has 0 aliphatic carbocycles. The Kier molecular flexibility index (Phi) is 15.1. The minimum Gasteiger partial charge on any atom is -0.494 e. The van der Waals surface area contributed by atoms with Gasteiger partial charge in [0.25, 0.3) is 0 Å². The van der Waals surface area contributed by atoms with E-state index < -0.39 is 0 Å². The van der Waals surface area contributed by atoms with Gasteiger partial charge in [-0.2, -0.15) is 0 Å². The van der Waals surface area contributed by atoms with Crippen LogP contribution < -0.4 is 9.47 Å². The van der Waals surface area contributed by atoms with Crippen molar-refractivity contribution in [3.05, 3.63) is 59.7 Å². The van der Waals surface area contributed by atoms with Gasteiger partial charge in [0.15, 0.2) is 11.6 Å². The lowest BCUT2D eigenvalue weighted by molar-refractivity contribution is 0.0980. The van der Waals surface area contributed by atoms with E-state index in [1.54, 1.807) is 0 Å². The third-order valence-electron chi connectivity index (χ3n) is 8.56. The molecule has 0 aromatic heterocycles. The summed E-state index contributed by atoms with van der Waals surface area (Å²) in [6.45, 7) is 15.8. The molecule has 2 fully saturated rings. The average Bonchev–Trinajstić information content (AvgIpc) is 3.03. The molecule has 2 aromatic carbocycles. The maximum absolute atomic E-state index is 11.5. The van der Waals surface area contributed by atoms with Crippen LogP contribution in [0.15, 0.2) is 48.5 Å². The number of ether oxygens (including phenoxy) is 2. The van der Waals surface area contributed by atoms with Gasteiger partial charge in [-0.1, -0.05) is 27.2 Å². The van der Waals surface area contributed by atoms with E-state index in [9.17, 15) is 9.59 Å². The molecule has 0 amide bonds. The van der Waals surface area contributed by atoms with Gasteiger partial charge >= 0.3 is 0 Å². The van der Waals surface area contributed by atoms with Gasteiger partial charge < -0.3 is 19.3 Å². The first-order valence-corrected chi connectivity index (χ1v) is 16.4. The molecule has 0 N–H and O–H groups in total. The molecule has 0 bridgehead atoms. The molecule has 1 atom stereocenters. The summed E-state index contributed by atoms with van der Waals surface area (Å²) in [4.78, 5) is 28.2. The number of ketones is 2. The van der Waals surface area contributed by atoms with Crippen LogP contribution in [0.1, 0.15) is 106 Å². The van der Waals surface area contributed by atoms with Crippen LogP contribution >= 0.6 is 0 Å². The van der Waals surface area contributed by atoms with Crippen molar-refractivity contribution < 1.29 is 19.1 Å². The zero-order chi connectivity index (χ0) is 30.2. The van der Waals surface area contributed by atoms with Crippen molar-refractivity contribution >= 4 is 11.6 Å². The Labute approximate surface area is 254 Å². The summed E-state index contributed by atoms with van der Waals surface area (Å²) in [5.74, 6) is 2.97. The highest BCUT2D eigenvalue weighted by Crippen LogP contribution is 2.18. The van der Waals surface area contributed by atoms with E-state index in [0.29, 0.717) is 12.8 Å². The minimum atomic E-state index is 0.181. The Morgan fingerprint density at radius 3 is 1.67 bits per heavy atom. The number of benzene rings is 2. The van der Waals surface area contributed by atoms with E-state index in [-0.39, 0.29) is 11.6 Å². The van der Waals surface area contributed by atoms with Gasteiger partial charge in [-0.25, -0.2) is 0 Å². The van der Waals surface area contributed by atoms with Gasteiger partial charge in [0.05, 0.1) is 13.2 Å². The molecule has 2 aliphatic heterocycles. The van der Waals surface area contributed by atoms with Gasteiger partial charge in [-0.15, -0.1) is 0 Å². The first-order chi connectivity index (χ1) is 20.4. The maximum atomic E-state index is 11.5. The Morgan fingerprint density at radius 2 is 1.19 bits per heavy atom. The molecular weight excluding hydrogens is 524 g/mol. The number of nitrogens with zero attached hydrogens (tertiary/aromatic N) is 2. The lowest BCUT2D eigenvalue weighted by Crippen LogP contribution is -2.38. The van der Waals surface area contributed by atoms with Crippen molar-refractivity contribution in [2.24, 2.45) is 5.92 Å². The van der Waals surface area contributed by atoms with E-state index in [4.69, 9.17) is 9.47 Å². The van der Waals surface area contributed by atoms with Crippen LogP contribution in [0.4, 0.5) is 0 Å². The van der Waals surface area contributed by atoms with Crippen molar-refractivity contribution in [1.82, 2.24) is 9.80 Å². The molecule has 2 heterocycles. The molecule has 2 saturated heterocycles. The van der Waals surface area contributed by atoms with Crippen molar-refractivity contribution in [2.75, 3.05) is 45.9 Å². The number of hydrogen-bond donors (Lipinski definition) is 0. The quantitative estimate of drug-likeness (QED) is 0.169. The SMILES string of the molecule is CCC(=O)c1ccc(OCCCN2CCC(C)CC2)cc1.CCC(=O)c1ccc(OCCCN2CCCCC2C)cc1. The lowest BCUT2D eigenvalue weighted by atomic mass is 9.99. The van der Waals surface area contributed by atoms with E-state index in [2.05, 4.69) is 23.6 Å². The van der Waals surface area contributed by atoms with Crippen molar-refractivity contribution in [1.29, 1.82) is 0 Å². The number of likely N-dealkylation sites (tertiary alicyclic amines) is 2. The van der Waals surface area contributed by atoms with Crippen LogP contribution in [-0.2, 0) is 0 Å². The molecule has 4 rings (SSSR count). The van der Waals surface area contributed by atoms with Crippen molar-refractivity contribution in [2.45, 2.75) is 91.5 Å². The minimum absolute atomic E-state index is 0.181. The fourth-order valence-corrected chi connectivity index (χ4v) is 5.59. The molecule has 42 heavy (non-hydrogen) atoms. The Hall–Kier alpha value is -2.70. The summed E-state index contributed by atoms with van der Waals surface area (Å²) < 4.78 is 11.5. The second-order valence-electron chi connectivity index (χ2n) is 11.9. The van der Waals surface area contributed by atoms with Crippen LogP contribution in [0.5, 0.6) is 11.5 Å². The standard InChI is InChI=1S/2C18H27NO2/c1-3-18(20)16-5-7-17(8-6-16)21-14-4-11-19-12-9-15(2)10-13-19;1-3-18(20)16-8-10-17(11-9-16)21-14-6-13-19-12-5-4-7-15(19)2/h5-8,15H,3-4,9-14H2,1-2H3;8-11,15H,3-7,12-14H2,1-2H3. The van der Waals surface area contributed by atoms with Crippen molar-refractivity contribution in [3.63, 3.8) is 0 Å². The van der Waals surface area contributed by atoms with E-state index >= 15 is 0 Å². The van der Waals surface area contributed by atoms with Gasteiger partial charge in [-0.05, 0) is 120 Å². The highest BCUT2D eigenvalue weighted by atomic mass is 16.5. The third kappa shape index (κ3) is 11.9. The molecule has 232 valence electrons. The summed E-state index contributed by atoms with van der Waals surface area (Å²) in [5, 5.41) is 0. The van der Waals surface area contributed by atoms with E-state index in [1.165, 1.54) is 51.7 Å². The Morgan fingerprint density at radius 1 is 0.690 bits per heavy atom. The maximum Gasteiger partial charge on any atom is 0.162 e. The van der Waals surface area contributed by atoms with Crippen LogP contribution in [0.2, 0.25) is 0 Å². The first-order valence-electron chi connectivity index (χ1n) is 16.4. The fraction of sp³-hybridized carbons (Fsp3) is 0.611. The molecule has 6 heteroatoms. The molecule has 0 saturated carbocycles. The lowest BCUT2D eigenvalue weighted by Gasteiger charge is -2.33. The number of piperidine rings is 2. The normalized spacial score (nSPS) is 18.1. The summed E-state index contributed by atoms with van der Waals surface area (Å²) in [6.07, 6.45) is 9.90. The third-order valence-corrected chi connectivity index (χ3v) is 8.56. The van der Waals surface area contributed by atoms with Crippen molar-refractivity contribution in [3.8, 4) is 11.5 Å². The average molecular weight is 579 g/mol. The van der Waals surface area contributed by atoms with Gasteiger partial charge in [0, 0.05) is 43.1 Å². The number of rotatable bonds is 14. The first kappa shape index (κ1) is 33.8. The van der Waals surface area contributed by atoms with Gasteiger partial charge in [-0.3, -0.25) is 9.59 Å². The zero-order valence-electron chi connectivity index (χ0n) is 26.6. The van der Waals surface area contributed by atoms with Crippen LogP contribution in [0.3, 0.4) is 0 Å². The molecule has 6 nitrogen and oxygen atoms in total. The molecule has 2 aromatic rings. The number of Topliss-reactive ketones (excluding diaryl/α,β-unsaturated/α-hetero) is 2. The fourth-order valence-electron chi connectivity index (χ4n) is 5.59. The molecular formula is C36H54N2O4. The topological polar surface area (TPSA) is 59.1 Å². The molecule has 0 radical (unpaired) electrons. The Balaban J connectivity index is 0.000000230. The van der Waals surface area contributed by atoms with E-state index in [1.807, 2.05) is 62.4 Å².